The molecular weight excluding hydrogens is 363 g/mol. The van der Waals surface area contributed by atoms with Crippen LogP contribution in [-0.2, 0) is 19.5 Å². The van der Waals surface area contributed by atoms with Crippen LogP contribution in [-0.4, -0.2) is 26.4 Å². The number of rotatable bonds is 3. The molecule has 27 heavy (non-hydrogen) atoms. The molecule has 1 aliphatic heterocycles. The van der Waals surface area contributed by atoms with Crippen molar-refractivity contribution in [2.24, 2.45) is 0 Å². The summed E-state index contributed by atoms with van der Waals surface area (Å²) in [6.07, 6.45) is 2.66. The Morgan fingerprint density at radius 3 is 3.07 bits per heavy atom. The number of H-pyrrole nitrogens is 2. The van der Waals surface area contributed by atoms with Crippen molar-refractivity contribution in [2.75, 3.05) is 6.54 Å². The van der Waals surface area contributed by atoms with Crippen molar-refractivity contribution < 1.29 is 4.39 Å². The van der Waals surface area contributed by atoms with Gasteiger partial charge in [0.2, 0.25) is 0 Å². The topological polar surface area (TPSA) is 64.8 Å². The van der Waals surface area contributed by atoms with E-state index in [4.69, 9.17) is 0 Å². The third-order valence-corrected chi connectivity index (χ3v) is 5.90. The Morgan fingerprint density at radius 1 is 1.30 bits per heavy atom. The Hall–Kier alpha value is -2.77. The van der Waals surface area contributed by atoms with Crippen LogP contribution in [0.5, 0.6) is 0 Å². The lowest BCUT2D eigenvalue weighted by Crippen LogP contribution is -2.35. The van der Waals surface area contributed by atoms with E-state index in [1.807, 2.05) is 23.7 Å². The van der Waals surface area contributed by atoms with E-state index in [0.29, 0.717) is 18.9 Å². The Bertz CT molecular complexity index is 1180. The summed E-state index contributed by atoms with van der Waals surface area (Å²) < 4.78 is 13.4. The Labute approximate surface area is 158 Å². The van der Waals surface area contributed by atoms with Gasteiger partial charge < -0.3 is 9.97 Å². The molecule has 0 bridgehead atoms. The van der Waals surface area contributed by atoms with Gasteiger partial charge in [0.05, 0.1) is 16.1 Å². The number of fused-ring (bicyclic) bond motifs is 2. The summed E-state index contributed by atoms with van der Waals surface area (Å²) in [5.41, 5.74) is 3.47. The van der Waals surface area contributed by atoms with E-state index in [0.717, 1.165) is 45.6 Å². The van der Waals surface area contributed by atoms with Gasteiger partial charge in [-0.2, -0.15) is 0 Å². The molecule has 5 rings (SSSR count). The average Bonchev–Trinajstić information content (AvgIpc) is 3.32. The van der Waals surface area contributed by atoms with Gasteiger partial charge in [-0.3, -0.25) is 9.69 Å². The highest BCUT2D eigenvalue weighted by Gasteiger charge is 2.22. The average molecular weight is 380 g/mol. The second kappa shape index (κ2) is 6.44. The molecule has 5 nitrogen and oxygen atoms in total. The largest absolute Gasteiger partial charge is 0.361 e. The summed E-state index contributed by atoms with van der Waals surface area (Å²) in [5.74, 6) is 0.405. The van der Waals surface area contributed by atoms with Crippen molar-refractivity contribution >= 4 is 22.2 Å². The van der Waals surface area contributed by atoms with Crippen LogP contribution >= 0.6 is 11.3 Å². The zero-order chi connectivity index (χ0) is 18.4. The SMILES string of the molecule is O=c1[nH]c(-c2cccs2)nc2c1CN(Cc1c[nH]c3cc(F)ccc13)CC2. The Balaban J connectivity index is 1.41. The molecule has 0 spiro atoms. The van der Waals surface area contributed by atoms with Crippen LogP contribution in [0.4, 0.5) is 4.39 Å². The molecule has 0 radical (unpaired) electrons. The van der Waals surface area contributed by atoms with Crippen LogP contribution in [0.15, 0.2) is 46.7 Å². The summed E-state index contributed by atoms with van der Waals surface area (Å²) in [6, 6.07) is 8.70. The molecule has 0 unspecified atom stereocenters. The molecule has 4 heterocycles. The molecule has 0 atom stereocenters. The lowest BCUT2D eigenvalue weighted by Gasteiger charge is -2.27. The third kappa shape index (κ3) is 2.98. The smallest absolute Gasteiger partial charge is 0.255 e. The number of hydrogen-bond acceptors (Lipinski definition) is 4. The molecular formula is C20H17FN4OS. The quantitative estimate of drug-likeness (QED) is 0.570. The number of halogens is 1. The molecule has 1 aliphatic rings. The first-order valence-electron chi connectivity index (χ1n) is 8.81. The predicted molar refractivity (Wildman–Crippen MR) is 104 cm³/mol. The fourth-order valence-corrected chi connectivity index (χ4v) is 4.35. The zero-order valence-corrected chi connectivity index (χ0v) is 15.3. The van der Waals surface area contributed by atoms with Gasteiger partial charge in [-0.15, -0.1) is 11.3 Å². The number of hydrogen-bond donors (Lipinski definition) is 2. The van der Waals surface area contributed by atoms with Gasteiger partial charge in [0, 0.05) is 43.2 Å². The maximum Gasteiger partial charge on any atom is 0.255 e. The van der Waals surface area contributed by atoms with Gasteiger partial charge >= 0.3 is 0 Å². The van der Waals surface area contributed by atoms with Crippen LogP contribution in [0.1, 0.15) is 16.8 Å². The molecule has 4 aromatic rings. The monoisotopic (exact) mass is 380 g/mol. The van der Waals surface area contributed by atoms with Crippen LogP contribution < -0.4 is 5.56 Å². The van der Waals surface area contributed by atoms with Gasteiger partial charge in [-0.25, -0.2) is 9.37 Å². The Morgan fingerprint density at radius 2 is 2.22 bits per heavy atom. The minimum absolute atomic E-state index is 0.0610. The first-order valence-corrected chi connectivity index (χ1v) is 9.69. The Kier molecular flexibility index (Phi) is 3.91. The molecule has 136 valence electrons. The molecule has 0 saturated heterocycles. The molecule has 1 aromatic carbocycles. The van der Waals surface area contributed by atoms with E-state index in [1.54, 1.807) is 17.4 Å². The second-order valence-electron chi connectivity index (χ2n) is 6.78. The zero-order valence-electron chi connectivity index (χ0n) is 14.5. The summed E-state index contributed by atoms with van der Waals surface area (Å²) in [7, 11) is 0. The highest BCUT2D eigenvalue weighted by Crippen LogP contribution is 2.25. The fourth-order valence-electron chi connectivity index (χ4n) is 3.68. The lowest BCUT2D eigenvalue weighted by molar-refractivity contribution is 0.242. The van der Waals surface area contributed by atoms with Crippen LogP contribution in [0.25, 0.3) is 21.6 Å². The standard InChI is InChI=1S/C20H17FN4OS/c21-13-3-4-14-12(9-22-17(14)8-13)10-25-6-5-16-15(11-25)20(26)24-19(23-16)18-2-1-7-27-18/h1-4,7-9,22H,5-6,10-11H2,(H,23,24,26). The normalized spacial score (nSPS) is 14.6. The number of nitrogens with one attached hydrogen (secondary N) is 2. The summed E-state index contributed by atoms with van der Waals surface area (Å²) in [5, 5.41) is 2.99. The van der Waals surface area contributed by atoms with Gasteiger partial charge in [-0.1, -0.05) is 6.07 Å². The first kappa shape index (κ1) is 16.4. The summed E-state index contributed by atoms with van der Waals surface area (Å²) in [4.78, 5) is 26.6. The molecule has 2 N–H and O–H groups in total. The van der Waals surface area contributed by atoms with Crippen molar-refractivity contribution in [3.8, 4) is 10.7 Å². The second-order valence-corrected chi connectivity index (χ2v) is 7.73. The van der Waals surface area contributed by atoms with Crippen LogP contribution in [0.2, 0.25) is 0 Å². The number of thiophene rings is 1. The maximum atomic E-state index is 13.4. The molecule has 0 saturated carbocycles. The lowest BCUT2D eigenvalue weighted by atomic mass is 10.1. The molecule has 7 heteroatoms. The van der Waals surface area contributed by atoms with Crippen LogP contribution in [0.3, 0.4) is 0 Å². The minimum atomic E-state index is -0.248. The third-order valence-electron chi connectivity index (χ3n) is 5.03. The fraction of sp³-hybridized carbons (Fsp3) is 0.200. The summed E-state index contributed by atoms with van der Waals surface area (Å²) >= 11 is 1.57. The first-order chi connectivity index (χ1) is 13.2. The predicted octanol–water partition coefficient (Wildman–Crippen LogP) is 3.68. The van der Waals surface area contributed by atoms with Gasteiger partial charge in [-0.05, 0) is 35.2 Å². The van der Waals surface area contributed by atoms with Gasteiger partial charge in [0.25, 0.3) is 5.56 Å². The number of nitrogens with zero attached hydrogens (tertiary/aromatic N) is 2. The van der Waals surface area contributed by atoms with E-state index < -0.39 is 0 Å². The number of aromatic amines is 2. The van der Waals surface area contributed by atoms with Crippen molar-refractivity contribution in [1.82, 2.24) is 19.9 Å². The number of aromatic nitrogens is 3. The van der Waals surface area contributed by atoms with Crippen molar-refractivity contribution in [2.45, 2.75) is 19.5 Å². The van der Waals surface area contributed by atoms with E-state index in [1.165, 1.54) is 12.1 Å². The molecule has 0 aliphatic carbocycles. The minimum Gasteiger partial charge on any atom is -0.361 e. The summed E-state index contributed by atoms with van der Waals surface area (Å²) in [6.45, 7) is 2.11. The molecule has 3 aromatic heterocycles. The van der Waals surface area contributed by atoms with Crippen molar-refractivity contribution in [1.29, 1.82) is 0 Å². The number of benzene rings is 1. The van der Waals surface area contributed by atoms with Gasteiger partial charge in [0.1, 0.15) is 5.82 Å². The van der Waals surface area contributed by atoms with E-state index in [9.17, 15) is 9.18 Å². The van der Waals surface area contributed by atoms with E-state index >= 15 is 0 Å². The van der Waals surface area contributed by atoms with Gasteiger partial charge in [0.15, 0.2) is 5.82 Å². The van der Waals surface area contributed by atoms with Crippen molar-refractivity contribution in [3.63, 3.8) is 0 Å². The highest BCUT2D eigenvalue weighted by molar-refractivity contribution is 7.13. The van der Waals surface area contributed by atoms with E-state index in [2.05, 4.69) is 19.9 Å². The van der Waals surface area contributed by atoms with Crippen molar-refractivity contribution in [3.05, 3.63) is 74.9 Å². The molecule has 0 fully saturated rings. The van der Waals surface area contributed by atoms with E-state index in [-0.39, 0.29) is 11.4 Å². The highest BCUT2D eigenvalue weighted by atomic mass is 32.1. The molecule has 0 amide bonds. The van der Waals surface area contributed by atoms with Crippen LogP contribution in [0, 0.1) is 5.82 Å². The maximum absolute atomic E-state index is 13.4.